The molecule has 3 rings (SSSR count). The van der Waals surface area contributed by atoms with Crippen LogP contribution < -0.4 is 5.32 Å². The van der Waals surface area contributed by atoms with Crippen molar-refractivity contribution in [1.29, 1.82) is 0 Å². The number of carbonyl (C=O) groups is 2. The van der Waals surface area contributed by atoms with E-state index in [2.05, 4.69) is 5.32 Å². The van der Waals surface area contributed by atoms with E-state index in [4.69, 9.17) is 11.6 Å². The van der Waals surface area contributed by atoms with Gasteiger partial charge in [-0.1, -0.05) is 73.8 Å². The van der Waals surface area contributed by atoms with Crippen LogP contribution in [0.4, 0.5) is 0 Å². The highest BCUT2D eigenvalue weighted by molar-refractivity contribution is 6.30. The molecule has 1 fully saturated rings. The van der Waals surface area contributed by atoms with E-state index in [-0.39, 0.29) is 24.3 Å². The second-order valence-corrected chi connectivity index (χ2v) is 8.16. The number of carbonyl (C=O) groups excluding carboxylic acids is 2. The molecule has 0 spiro atoms. The molecule has 1 aliphatic rings. The molecule has 1 aliphatic carbocycles. The van der Waals surface area contributed by atoms with Gasteiger partial charge in [0, 0.05) is 17.6 Å². The van der Waals surface area contributed by atoms with Gasteiger partial charge in [-0.2, -0.15) is 0 Å². The quantitative estimate of drug-likeness (QED) is 0.680. The van der Waals surface area contributed by atoms with E-state index >= 15 is 0 Å². The van der Waals surface area contributed by atoms with Crippen LogP contribution in [0.2, 0.25) is 5.02 Å². The highest BCUT2D eigenvalue weighted by Crippen LogP contribution is 2.20. The van der Waals surface area contributed by atoms with Crippen molar-refractivity contribution in [2.24, 2.45) is 0 Å². The molecule has 2 amide bonds. The van der Waals surface area contributed by atoms with Crippen LogP contribution in [0, 0.1) is 0 Å². The standard InChI is InChI=1S/C24H29ClN2O2/c1-2-22(24(29)26-21-10-6-7-11-21)27(17-19-12-14-20(25)15-13-19)23(28)16-18-8-4-3-5-9-18/h3-5,8-9,12-15,21-22H,2,6-7,10-11,16-17H2,1H3,(H,26,29)/t22-/m0/s1. The largest absolute Gasteiger partial charge is 0.352 e. The van der Waals surface area contributed by atoms with Gasteiger partial charge in [0.1, 0.15) is 6.04 Å². The summed E-state index contributed by atoms with van der Waals surface area (Å²) in [6.45, 7) is 2.35. The number of amides is 2. The SMILES string of the molecule is CC[C@@H](C(=O)NC1CCCC1)N(Cc1ccc(Cl)cc1)C(=O)Cc1ccccc1. The minimum atomic E-state index is -0.484. The van der Waals surface area contributed by atoms with Gasteiger partial charge in [0.05, 0.1) is 6.42 Å². The number of halogens is 1. The lowest BCUT2D eigenvalue weighted by Gasteiger charge is -2.31. The lowest BCUT2D eigenvalue weighted by Crippen LogP contribution is -2.51. The van der Waals surface area contributed by atoms with Crippen LogP contribution in [-0.2, 0) is 22.6 Å². The molecule has 154 valence electrons. The fourth-order valence-electron chi connectivity index (χ4n) is 3.95. The van der Waals surface area contributed by atoms with Gasteiger partial charge in [-0.15, -0.1) is 0 Å². The summed E-state index contributed by atoms with van der Waals surface area (Å²) >= 11 is 6.01. The molecule has 0 aliphatic heterocycles. The molecule has 1 atom stereocenters. The normalized spacial score (nSPS) is 15.1. The molecule has 0 unspecified atom stereocenters. The van der Waals surface area contributed by atoms with Gasteiger partial charge in [0.2, 0.25) is 11.8 Å². The summed E-state index contributed by atoms with van der Waals surface area (Å²) in [5, 5.41) is 3.82. The van der Waals surface area contributed by atoms with Crippen molar-refractivity contribution < 1.29 is 9.59 Å². The Morgan fingerprint density at radius 3 is 2.31 bits per heavy atom. The second-order valence-electron chi connectivity index (χ2n) is 7.72. The molecule has 0 heterocycles. The molecule has 0 radical (unpaired) electrons. The maximum Gasteiger partial charge on any atom is 0.243 e. The van der Waals surface area contributed by atoms with E-state index < -0.39 is 6.04 Å². The Kier molecular flexibility index (Phi) is 7.70. The van der Waals surface area contributed by atoms with Gasteiger partial charge >= 0.3 is 0 Å². The van der Waals surface area contributed by atoms with Crippen LogP contribution in [0.15, 0.2) is 54.6 Å². The summed E-state index contributed by atoms with van der Waals surface area (Å²) in [4.78, 5) is 28.0. The average molecular weight is 413 g/mol. The minimum absolute atomic E-state index is 0.0421. The van der Waals surface area contributed by atoms with Gasteiger partial charge in [-0.05, 0) is 42.5 Å². The smallest absolute Gasteiger partial charge is 0.243 e. The summed E-state index contributed by atoms with van der Waals surface area (Å²) in [6.07, 6.45) is 5.22. The van der Waals surface area contributed by atoms with Gasteiger partial charge in [0.15, 0.2) is 0 Å². The summed E-state index contributed by atoms with van der Waals surface area (Å²) in [5.74, 6) is -0.0886. The Morgan fingerprint density at radius 2 is 1.69 bits per heavy atom. The highest BCUT2D eigenvalue weighted by Gasteiger charge is 2.30. The Labute approximate surface area is 178 Å². The molecular formula is C24H29ClN2O2. The zero-order chi connectivity index (χ0) is 20.6. The number of hydrogen-bond donors (Lipinski definition) is 1. The van der Waals surface area contributed by atoms with Crippen LogP contribution in [0.1, 0.15) is 50.2 Å². The van der Waals surface area contributed by atoms with E-state index in [1.54, 1.807) is 4.90 Å². The third-order valence-corrected chi connectivity index (χ3v) is 5.80. The Hall–Kier alpha value is -2.33. The Balaban J connectivity index is 1.79. The van der Waals surface area contributed by atoms with Crippen LogP contribution in [0.25, 0.3) is 0 Å². The first-order chi connectivity index (χ1) is 14.1. The second kappa shape index (κ2) is 10.4. The minimum Gasteiger partial charge on any atom is -0.352 e. The third kappa shape index (κ3) is 6.07. The predicted octanol–water partition coefficient (Wildman–Crippen LogP) is 4.75. The van der Waals surface area contributed by atoms with Crippen molar-refractivity contribution in [3.63, 3.8) is 0 Å². The molecule has 1 N–H and O–H groups in total. The van der Waals surface area contributed by atoms with Gasteiger partial charge in [-0.3, -0.25) is 9.59 Å². The lowest BCUT2D eigenvalue weighted by atomic mass is 10.1. The van der Waals surface area contributed by atoms with E-state index in [0.29, 0.717) is 18.0 Å². The highest BCUT2D eigenvalue weighted by atomic mass is 35.5. The summed E-state index contributed by atoms with van der Waals surface area (Å²) in [5.41, 5.74) is 1.91. The van der Waals surface area contributed by atoms with Crippen molar-refractivity contribution in [3.8, 4) is 0 Å². The Morgan fingerprint density at radius 1 is 1.03 bits per heavy atom. The first kappa shape index (κ1) is 21.4. The lowest BCUT2D eigenvalue weighted by molar-refractivity contribution is -0.141. The predicted molar refractivity (Wildman–Crippen MR) is 117 cm³/mol. The van der Waals surface area contributed by atoms with E-state index in [9.17, 15) is 9.59 Å². The third-order valence-electron chi connectivity index (χ3n) is 5.55. The first-order valence-corrected chi connectivity index (χ1v) is 10.8. The fourth-order valence-corrected chi connectivity index (χ4v) is 4.07. The zero-order valence-electron chi connectivity index (χ0n) is 16.9. The molecule has 0 bridgehead atoms. The van der Waals surface area contributed by atoms with Crippen molar-refractivity contribution in [1.82, 2.24) is 10.2 Å². The van der Waals surface area contributed by atoms with Crippen LogP contribution in [-0.4, -0.2) is 28.8 Å². The molecule has 1 saturated carbocycles. The number of benzene rings is 2. The monoisotopic (exact) mass is 412 g/mol. The Bertz CT molecular complexity index is 801. The molecule has 5 heteroatoms. The fraction of sp³-hybridized carbons (Fsp3) is 0.417. The molecule has 2 aromatic carbocycles. The van der Waals surface area contributed by atoms with Crippen LogP contribution in [0.5, 0.6) is 0 Å². The maximum atomic E-state index is 13.2. The topological polar surface area (TPSA) is 49.4 Å². The van der Waals surface area contributed by atoms with Crippen molar-refractivity contribution >= 4 is 23.4 Å². The molecule has 0 saturated heterocycles. The molecule has 0 aromatic heterocycles. The van der Waals surface area contributed by atoms with E-state index in [1.165, 1.54) is 0 Å². The van der Waals surface area contributed by atoms with Gasteiger partial charge in [-0.25, -0.2) is 0 Å². The maximum absolute atomic E-state index is 13.2. The van der Waals surface area contributed by atoms with Crippen LogP contribution in [0.3, 0.4) is 0 Å². The number of rotatable bonds is 8. The van der Waals surface area contributed by atoms with E-state index in [0.717, 1.165) is 36.8 Å². The molecule has 29 heavy (non-hydrogen) atoms. The zero-order valence-corrected chi connectivity index (χ0v) is 17.7. The van der Waals surface area contributed by atoms with Crippen molar-refractivity contribution in [2.75, 3.05) is 0 Å². The van der Waals surface area contributed by atoms with Crippen molar-refractivity contribution in [3.05, 3.63) is 70.7 Å². The first-order valence-electron chi connectivity index (χ1n) is 10.4. The van der Waals surface area contributed by atoms with Crippen molar-refractivity contribution in [2.45, 2.75) is 64.1 Å². The van der Waals surface area contributed by atoms with Gasteiger partial charge in [0.25, 0.3) is 0 Å². The number of nitrogens with one attached hydrogen (secondary N) is 1. The molecule has 4 nitrogen and oxygen atoms in total. The number of nitrogens with zero attached hydrogens (tertiary/aromatic N) is 1. The average Bonchev–Trinajstić information content (AvgIpc) is 3.23. The number of hydrogen-bond acceptors (Lipinski definition) is 2. The molecular weight excluding hydrogens is 384 g/mol. The van der Waals surface area contributed by atoms with E-state index in [1.807, 2.05) is 61.5 Å². The molecule has 2 aromatic rings. The summed E-state index contributed by atoms with van der Waals surface area (Å²) in [7, 11) is 0. The van der Waals surface area contributed by atoms with Crippen LogP contribution >= 0.6 is 11.6 Å². The summed E-state index contributed by atoms with van der Waals surface area (Å²) < 4.78 is 0. The summed E-state index contributed by atoms with van der Waals surface area (Å²) in [6, 6.07) is 16.9. The van der Waals surface area contributed by atoms with Gasteiger partial charge < -0.3 is 10.2 Å².